The van der Waals surface area contributed by atoms with Crippen LogP contribution in [0, 0.1) is 17.5 Å². The van der Waals surface area contributed by atoms with Crippen molar-refractivity contribution in [2.24, 2.45) is 0 Å². The van der Waals surface area contributed by atoms with Crippen molar-refractivity contribution in [3.8, 4) is 28.5 Å². The minimum Gasteiger partial charge on any atom is -0.480 e. The number of aromatic nitrogens is 5. The van der Waals surface area contributed by atoms with Crippen molar-refractivity contribution < 1.29 is 31.1 Å². The van der Waals surface area contributed by atoms with Crippen molar-refractivity contribution >= 4 is 40.9 Å². The molecule has 0 saturated heterocycles. The van der Waals surface area contributed by atoms with E-state index in [0.717, 1.165) is 31.5 Å². The third-order valence-electron chi connectivity index (χ3n) is 6.61. The highest BCUT2D eigenvalue weighted by Gasteiger charge is 2.26. The summed E-state index contributed by atoms with van der Waals surface area (Å²) in [7, 11) is -4.70. The lowest BCUT2D eigenvalue weighted by molar-refractivity contribution is 0.0882. The highest BCUT2D eigenvalue weighted by Crippen LogP contribution is 2.34. The zero-order valence-corrected chi connectivity index (χ0v) is 26.7. The first-order chi connectivity index (χ1) is 20.8. The van der Waals surface area contributed by atoms with Gasteiger partial charge in [0.15, 0.2) is 16.5 Å². The molecular formula is C28H28ClF3N6O4SSi. The van der Waals surface area contributed by atoms with E-state index >= 15 is 8.78 Å². The lowest BCUT2D eigenvalue weighted by atomic mass is 10.0. The Morgan fingerprint density at radius 1 is 1.07 bits per heavy atom. The summed E-state index contributed by atoms with van der Waals surface area (Å²) >= 11 is 6.21. The molecular weight excluding hydrogens is 637 g/mol. The van der Waals surface area contributed by atoms with Crippen LogP contribution in [0.2, 0.25) is 30.8 Å². The maximum atomic E-state index is 15.7. The predicted molar refractivity (Wildman–Crippen MR) is 162 cm³/mol. The lowest BCUT2D eigenvalue weighted by Gasteiger charge is -2.16. The summed E-state index contributed by atoms with van der Waals surface area (Å²) in [6.45, 7) is 7.59. The SMILES string of the molecule is COc1ncc(F)cc1S(=O)(=O)Nc1ccc(F)c(-c2ccc3c(-c4nc(Cl)cn4COCC[Si](C)(C)C)ncn3c2)c1F. The molecule has 16 heteroatoms. The first-order valence-corrected chi connectivity index (χ1v) is 18.8. The molecule has 0 aliphatic heterocycles. The molecule has 0 bridgehead atoms. The van der Waals surface area contributed by atoms with Crippen LogP contribution in [-0.4, -0.2) is 54.1 Å². The van der Waals surface area contributed by atoms with Gasteiger partial charge in [-0.3, -0.25) is 4.72 Å². The van der Waals surface area contributed by atoms with Crippen LogP contribution in [-0.2, 0) is 21.5 Å². The van der Waals surface area contributed by atoms with E-state index in [1.54, 1.807) is 21.2 Å². The van der Waals surface area contributed by atoms with Gasteiger partial charge in [0.2, 0.25) is 5.88 Å². The van der Waals surface area contributed by atoms with Crippen LogP contribution in [0.5, 0.6) is 5.88 Å². The van der Waals surface area contributed by atoms with E-state index in [2.05, 4.69) is 34.6 Å². The molecule has 232 valence electrons. The summed E-state index contributed by atoms with van der Waals surface area (Å²) in [6, 6.07) is 6.59. The first-order valence-electron chi connectivity index (χ1n) is 13.3. The quantitative estimate of drug-likeness (QED) is 0.128. The third-order valence-corrected chi connectivity index (χ3v) is 9.85. The van der Waals surface area contributed by atoms with Gasteiger partial charge in [0.05, 0.1) is 30.1 Å². The van der Waals surface area contributed by atoms with Gasteiger partial charge in [-0.25, -0.2) is 36.5 Å². The van der Waals surface area contributed by atoms with E-state index in [-0.39, 0.29) is 17.4 Å². The molecule has 5 aromatic rings. The summed E-state index contributed by atoms with van der Waals surface area (Å²) in [6.07, 6.45) is 5.32. The van der Waals surface area contributed by atoms with Gasteiger partial charge < -0.3 is 18.4 Å². The Labute approximate surface area is 257 Å². The standard InChI is InChI=1S/C28H28ClF3N6O4SSi/c1-41-28-22(11-18(30)12-33-28)43(39,40)36-20-7-6-19(31)24(25(20)32)17-5-8-21-26(34-15-37(21)13-17)27-35-23(29)14-38(27)16-42-9-10-44(2,3)4/h5-8,11-15,36H,9-10,16H2,1-4H3. The summed E-state index contributed by atoms with van der Waals surface area (Å²) in [5, 5.41) is 0.251. The predicted octanol–water partition coefficient (Wildman–Crippen LogP) is 6.45. The average molecular weight is 665 g/mol. The normalized spacial score (nSPS) is 12.2. The largest absolute Gasteiger partial charge is 0.480 e. The second kappa shape index (κ2) is 12.2. The fourth-order valence-electron chi connectivity index (χ4n) is 4.38. The van der Waals surface area contributed by atoms with Gasteiger partial charge in [-0.1, -0.05) is 37.3 Å². The number of sulfonamides is 1. The molecule has 0 aliphatic carbocycles. The number of imidazole rings is 2. The van der Waals surface area contributed by atoms with E-state index in [1.165, 1.54) is 18.6 Å². The average Bonchev–Trinajstić information content (AvgIpc) is 3.54. The van der Waals surface area contributed by atoms with Gasteiger partial charge in [0.25, 0.3) is 10.0 Å². The number of halogens is 4. The number of nitrogens with one attached hydrogen (secondary N) is 1. The topological polar surface area (TPSA) is 113 Å². The number of pyridine rings is 2. The van der Waals surface area contributed by atoms with Crippen LogP contribution in [0.25, 0.3) is 28.2 Å². The van der Waals surface area contributed by atoms with E-state index in [1.807, 2.05) is 4.72 Å². The molecule has 0 fully saturated rings. The molecule has 5 rings (SSSR count). The highest BCUT2D eigenvalue weighted by molar-refractivity contribution is 7.92. The van der Waals surface area contributed by atoms with Crippen LogP contribution in [0.1, 0.15) is 0 Å². The number of anilines is 1. The summed E-state index contributed by atoms with van der Waals surface area (Å²) in [5.74, 6) is -3.02. The number of fused-ring (bicyclic) bond motifs is 1. The van der Waals surface area contributed by atoms with E-state index in [0.29, 0.717) is 29.7 Å². The fourth-order valence-corrected chi connectivity index (χ4v) is 6.53. The molecule has 0 saturated carbocycles. The second-order valence-corrected chi connectivity index (χ2v) is 18.7. The fraction of sp³-hybridized carbons (Fsp3) is 0.250. The summed E-state index contributed by atoms with van der Waals surface area (Å²) < 4.78 is 86.6. The second-order valence-electron chi connectivity index (χ2n) is 11.1. The van der Waals surface area contributed by atoms with Gasteiger partial charge in [0.1, 0.15) is 35.5 Å². The van der Waals surface area contributed by atoms with Gasteiger partial charge in [-0.2, -0.15) is 0 Å². The zero-order valence-electron chi connectivity index (χ0n) is 24.1. The molecule has 4 aromatic heterocycles. The summed E-state index contributed by atoms with van der Waals surface area (Å²) in [5.41, 5.74) is 0.0793. The van der Waals surface area contributed by atoms with Crippen LogP contribution >= 0.6 is 11.6 Å². The van der Waals surface area contributed by atoms with Crippen molar-refractivity contribution in [2.75, 3.05) is 18.4 Å². The minimum atomic E-state index is -4.58. The van der Waals surface area contributed by atoms with Crippen molar-refractivity contribution in [2.45, 2.75) is 37.3 Å². The number of ether oxygens (including phenoxy) is 2. The Balaban J connectivity index is 1.46. The Morgan fingerprint density at radius 3 is 2.57 bits per heavy atom. The maximum Gasteiger partial charge on any atom is 0.267 e. The summed E-state index contributed by atoms with van der Waals surface area (Å²) in [4.78, 5) is 11.8. The maximum absolute atomic E-state index is 15.7. The van der Waals surface area contributed by atoms with Crippen LogP contribution in [0.3, 0.4) is 0 Å². The van der Waals surface area contributed by atoms with Crippen molar-refractivity contribution in [1.82, 2.24) is 23.9 Å². The molecule has 0 amide bonds. The Morgan fingerprint density at radius 2 is 1.84 bits per heavy atom. The van der Waals surface area contributed by atoms with Gasteiger partial charge in [0, 0.05) is 38.7 Å². The zero-order chi connectivity index (χ0) is 31.8. The minimum absolute atomic E-state index is 0.0959. The van der Waals surface area contributed by atoms with Crippen molar-refractivity contribution in [1.29, 1.82) is 0 Å². The number of rotatable bonds is 11. The van der Waals surface area contributed by atoms with Crippen molar-refractivity contribution in [3.63, 3.8) is 0 Å². The van der Waals surface area contributed by atoms with Crippen LogP contribution in [0.4, 0.5) is 18.9 Å². The third kappa shape index (κ3) is 6.60. The molecule has 10 nitrogen and oxygen atoms in total. The molecule has 0 unspecified atom stereocenters. The van der Waals surface area contributed by atoms with Gasteiger partial charge in [-0.15, -0.1) is 0 Å². The van der Waals surface area contributed by atoms with Gasteiger partial charge >= 0.3 is 0 Å². The van der Waals surface area contributed by atoms with Gasteiger partial charge in [-0.05, 0) is 24.2 Å². The number of benzene rings is 1. The molecule has 1 N–H and O–H groups in total. The lowest BCUT2D eigenvalue weighted by Crippen LogP contribution is -2.22. The number of hydrogen-bond donors (Lipinski definition) is 1. The van der Waals surface area contributed by atoms with E-state index in [9.17, 15) is 12.8 Å². The molecule has 1 aromatic carbocycles. The Kier molecular flexibility index (Phi) is 8.75. The molecule has 0 radical (unpaired) electrons. The number of hydrogen-bond acceptors (Lipinski definition) is 7. The Bertz CT molecular complexity index is 1960. The smallest absolute Gasteiger partial charge is 0.267 e. The number of methoxy groups -OCH3 is 1. The van der Waals surface area contributed by atoms with Crippen molar-refractivity contribution in [3.05, 3.63) is 77.9 Å². The number of nitrogens with zero attached hydrogens (tertiary/aromatic N) is 5. The van der Waals surface area contributed by atoms with E-state index < -0.39 is 57.6 Å². The molecule has 0 aliphatic rings. The molecule has 0 spiro atoms. The first kappa shape index (κ1) is 31.5. The highest BCUT2D eigenvalue weighted by atomic mass is 35.5. The monoisotopic (exact) mass is 664 g/mol. The Hall–Kier alpha value is -3.92. The molecule has 4 heterocycles. The van der Waals surface area contributed by atoms with Crippen LogP contribution < -0.4 is 9.46 Å². The molecule has 44 heavy (non-hydrogen) atoms. The molecule has 0 atom stereocenters. The van der Waals surface area contributed by atoms with E-state index in [4.69, 9.17) is 21.1 Å². The van der Waals surface area contributed by atoms with Crippen LogP contribution in [0.15, 0.2) is 60.1 Å².